The number of rotatable bonds is 8. The van der Waals surface area contributed by atoms with Crippen LogP contribution in [0, 0.1) is 0 Å². The minimum atomic E-state index is -0.279. The van der Waals surface area contributed by atoms with E-state index in [0.717, 1.165) is 13.0 Å². The molecule has 1 fully saturated rings. The third-order valence-corrected chi connectivity index (χ3v) is 3.34. The predicted octanol–water partition coefficient (Wildman–Crippen LogP) is -1.06. The number of carbonyl (C=O) groups excluding carboxylic acids is 2. The highest BCUT2D eigenvalue weighted by atomic mass is 16.5. The first-order valence-corrected chi connectivity index (χ1v) is 7.59. The van der Waals surface area contributed by atoms with E-state index in [2.05, 4.69) is 16.0 Å². The number of carbonyl (C=O) groups is 2. The maximum Gasteiger partial charge on any atom is 0.238 e. The minimum Gasteiger partial charge on any atom is -0.379 e. The molecule has 7 heteroatoms. The van der Waals surface area contributed by atoms with Crippen molar-refractivity contribution in [2.45, 2.75) is 32.4 Å². The Hall–Kier alpha value is -1.18. The van der Waals surface area contributed by atoms with Crippen LogP contribution < -0.4 is 16.0 Å². The van der Waals surface area contributed by atoms with Crippen molar-refractivity contribution >= 4 is 11.8 Å². The number of hydrogen-bond acceptors (Lipinski definition) is 5. The lowest BCUT2D eigenvalue weighted by molar-refractivity contribution is -0.129. The standard InChI is InChI=1S/C14H28N4O3/c1-11(2)21-8-4-5-17-13(19)10-18-7-6-16-9-12(18)14(20)15-3/h11-12,16H,4-10H2,1-3H3,(H,15,20)(H,17,19). The fourth-order valence-corrected chi connectivity index (χ4v) is 2.22. The molecule has 1 aliphatic rings. The normalized spacial score (nSPS) is 19.5. The fraction of sp³-hybridized carbons (Fsp3) is 0.857. The van der Waals surface area contributed by atoms with E-state index in [9.17, 15) is 9.59 Å². The van der Waals surface area contributed by atoms with Crippen molar-refractivity contribution < 1.29 is 14.3 Å². The van der Waals surface area contributed by atoms with E-state index in [1.165, 1.54) is 0 Å². The van der Waals surface area contributed by atoms with Crippen molar-refractivity contribution in [1.82, 2.24) is 20.9 Å². The van der Waals surface area contributed by atoms with E-state index in [1.54, 1.807) is 7.05 Å². The van der Waals surface area contributed by atoms with E-state index >= 15 is 0 Å². The highest BCUT2D eigenvalue weighted by Gasteiger charge is 2.28. The van der Waals surface area contributed by atoms with Crippen LogP contribution in [-0.4, -0.2) is 75.2 Å². The topological polar surface area (TPSA) is 82.7 Å². The second-order valence-electron chi connectivity index (χ2n) is 5.43. The Kier molecular flexibility index (Phi) is 8.26. The van der Waals surface area contributed by atoms with Crippen LogP contribution in [0.15, 0.2) is 0 Å². The van der Waals surface area contributed by atoms with Crippen LogP contribution in [0.2, 0.25) is 0 Å². The molecule has 1 aliphatic heterocycles. The molecule has 0 bridgehead atoms. The van der Waals surface area contributed by atoms with Gasteiger partial charge in [-0.2, -0.15) is 0 Å². The van der Waals surface area contributed by atoms with Crippen LogP contribution in [0.25, 0.3) is 0 Å². The summed E-state index contributed by atoms with van der Waals surface area (Å²) in [4.78, 5) is 25.6. The molecule has 0 saturated carbocycles. The van der Waals surface area contributed by atoms with Gasteiger partial charge in [0.25, 0.3) is 0 Å². The molecule has 0 aromatic heterocycles. The van der Waals surface area contributed by atoms with Gasteiger partial charge in [0.15, 0.2) is 0 Å². The highest BCUT2D eigenvalue weighted by molar-refractivity contribution is 5.83. The first-order valence-electron chi connectivity index (χ1n) is 7.59. The summed E-state index contributed by atoms with van der Waals surface area (Å²) in [7, 11) is 1.61. The summed E-state index contributed by atoms with van der Waals surface area (Å²) in [5.74, 6) is -0.101. The summed E-state index contributed by atoms with van der Waals surface area (Å²) in [5, 5.41) is 8.68. The van der Waals surface area contributed by atoms with Crippen LogP contribution in [0.4, 0.5) is 0 Å². The van der Waals surface area contributed by atoms with Crippen LogP contribution in [0.5, 0.6) is 0 Å². The van der Waals surface area contributed by atoms with Gasteiger partial charge < -0.3 is 20.7 Å². The van der Waals surface area contributed by atoms with Gasteiger partial charge in [-0.3, -0.25) is 14.5 Å². The third-order valence-electron chi connectivity index (χ3n) is 3.34. The van der Waals surface area contributed by atoms with E-state index in [4.69, 9.17) is 4.74 Å². The monoisotopic (exact) mass is 300 g/mol. The molecule has 0 aromatic carbocycles. The van der Waals surface area contributed by atoms with Gasteiger partial charge in [-0.15, -0.1) is 0 Å². The van der Waals surface area contributed by atoms with Gasteiger partial charge in [0.1, 0.15) is 6.04 Å². The molecular formula is C14H28N4O3. The summed E-state index contributed by atoms with van der Waals surface area (Å²) in [5.41, 5.74) is 0. The second kappa shape index (κ2) is 9.70. The molecule has 1 heterocycles. The maximum absolute atomic E-state index is 11.9. The lowest BCUT2D eigenvalue weighted by atomic mass is 10.1. The summed E-state index contributed by atoms with van der Waals surface area (Å²) in [6.07, 6.45) is 1.01. The predicted molar refractivity (Wildman–Crippen MR) is 81.0 cm³/mol. The quantitative estimate of drug-likeness (QED) is 0.498. The molecule has 21 heavy (non-hydrogen) atoms. The molecule has 0 aliphatic carbocycles. The van der Waals surface area contributed by atoms with Crippen LogP contribution in [-0.2, 0) is 14.3 Å². The molecule has 0 spiro atoms. The molecular weight excluding hydrogens is 272 g/mol. The van der Waals surface area contributed by atoms with Crippen molar-refractivity contribution in [3.8, 4) is 0 Å². The largest absolute Gasteiger partial charge is 0.379 e. The Morgan fingerprint density at radius 2 is 2.19 bits per heavy atom. The van der Waals surface area contributed by atoms with Gasteiger partial charge >= 0.3 is 0 Å². The minimum absolute atomic E-state index is 0.0460. The third kappa shape index (κ3) is 6.88. The summed E-state index contributed by atoms with van der Waals surface area (Å²) < 4.78 is 5.41. The second-order valence-corrected chi connectivity index (χ2v) is 5.43. The summed E-state index contributed by atoms with van der Waals surface area (Å²) in [6.45, 7) is 7.55. The maximum atomic E-state index is 11.9. The van der Waals surface area contributed by atoms with E-state index < -0.39 is 0 Å². The van der Waals surface area contributed by atoms with Crippen LogP contribution in [0.3, 0.4) is 0 Å². The smallest absolute Gasteiger partial charge is 0.238 e. The van der Waals surface area contributed by atoms with Crippen LogP contribution >= 0.6 is 0 Å². The van der Waals surface area contributed by atoms with E-state index in [0.29, 0.717) is 26.2 Å². The molecule has 2 amide bonds. The van der Waals surface area contributed by atoms with Crippen molar-refractivity contribution in [1.29, 1.82) is 0 Å². The van der Waals surface area contributed by atoms with Gasteiger partial charge in [0, 0.05) is 39.8 Å². The number of hydrogen-bond donors (Lipinski definition) is 3. The van der Waals surface area contributed by atoms with Crippen LogP contribution in [0.1, 0.15) is 20.3 Å². The van der Waals surface area contributed by atoms with Crippen molar-refractivity contribution in [2.24, 2.45) is 0 Å². The Labute approximate surface area is 126 Å². The zero-order valence-corrected chi connectivity index (χ0v) is 13.3. The average Bonchev–Trinajstić information content (AvgIpc) is 2.46. The highest BCUT2D eigenvalue weighted by Crippen LogP contribution is 2.03. The number of nitrogens with zero attached hydrogens (tertiary/aromatic N) is 1. The number of piperazine rings is 1. The lowest BCUT2D eigenvalue weighted by Crippen LogP contribution is -2.59. The van der Waals surface area contributed by atoms with Gasteiger partial charge in [-0.1, -0.05) is 0 Å². The lowest BCUT2D eigenvalue weighted by Gasteiger charge is -2.34. The van der Waals surface area contributed by atoms with Crippen molar-refractivity contribution in [3.63, 3.8) is 0 Å². The average molecular weight is 300 g/mol. The number of nitrogens with one attached hydrogen (secondary N) is 3. The SMILES string of the molecule is CNC(=O)C1CNCCN1CC(=O)NCCCOC(C)C. The Morgan fingerprint density at radius 1 is 1.43 bits per heavy atom. The first kappa shape index (κ1) is 17.9. The van der Waals surface area contributed by atoms with Crippen molar-refractivity contribution in [3.05, 3.63) is 0 Å². The Morgan fingerprint density at radius 3 is 2.86 bits per heavy atom. The molecule has 3 N–H and O–H groups in total. The molecule has 122 valence electrons. The zero-order valence-electron chi connectivity index (χ0n) is 13.3. The molecule has 1 atom stereocenters. The molecule has 1 rings (SSSR count). The first-order chi connectivity index (χ1) is 10.0. The van der Waals surface area contributed by atoms with E-state index in [-0.39, 0.29) is 30.5 Å². The molecule has 7 nitrogen and oxygen atoms in total. The summed E-state index contributed by atoms with van der Waals surface area (Å²) >= 11 is 0. The summed E-state index contributed by atoms with van der Waals surface area (Å²) in [6, 6.07) is -0.279. The number of amides is 2. The molecule has 0 radical (unpaired) electrons. The van der Waals surface area contributed by atoms with Crippen molar-refractivity contribution in [2.75, 3.05) is 46.4 Å². The molecule has 0 aromatic rings. The zero-order chi connectivity index (χ0) is 15.7. The molecule has 1 saturated heterocycles. The van der Waals surface area contributed by atoms with Gasteiger partial charge in [0.2, 0.25) is 11.8 Å². The Balaban J connectivity index is 2.26. The van der Waals surface area contributed by atoms with Gasteiger partial charge in [-0.05, 0) is 20.3 Å². The van der Waals surface area contributed by atoms with Gasteiger partial charge in [0.05, 0.1) is 12.6 Å². The fourth-order valence-electron chi connectivity index (χ4n) is 2.22. The number of likely N-dealkylation sites (N-methyl/N-ethyl adjacent to an activating group) is 1. The number of ether oxygens (including phenoxy) is 1. The van der Waals surface area contributed by atoms with E-state index in [1.807, 2.05) is 18.7 Å². The Bertz CT molecular complexity index is 336. The molecule has 1 unspecified atom stereocenters. The van der Waals surface area contributed by atoms with Gasteiger partial charge in [-0.25, -0.2) is 0 Å².